The molecule has 0 saturated carbocycles. The summed E-state index contributed by atoms with van der Waals surface area (Å²) in [5.74, 6) is -2.38. The number of esters is 1. The van der Waals surface area contributed by atoms with Crippen LogP contribution in [0.15, 0.2) is 0 Å². The fourth-order valence-electron chi connectivity index (χ4n) is 1.42. The maximum atomic E-state index is 11.8. The zero-order valence-corrected chi connectivity index (χ0v) is 14.5. The Balaban J connectivity index is 0. The van der Waals surface area contributed by atoms with Gasteiger partial charge in [0.2, 0.25) is 0 Å². The van der Waals surface area contributed by atoms with E-state index in [1.807, 2.05) is 20.8 Å². The number of likely N-dealkylation sites (N-methyl/N-ethyl adjacent to an activating group) is 1. The van der Waals surface area contributed by atoms with E-state index >= 15 is 0 Å². The first-order valence-electron chi connectivity index (χ1n) is 7.69. The highest BCUT2D eigenvalue weighted by molar-refractivity contribution is 6.32. The molecule has 0 aliphatic carbocycles. The Morgan fingerprint density at radius 3 is 2.00 bits per heavy atom. The minimum atomic E-state index is -4.62. The van der Waals surface area contributed by atoms with Gasteiger partial charge in [0.05, 0.1) is 0 Å². The lowest BCUT2D eigenvalue weighted by molar-refractivity contribution is -0.189. The quantitative estimate of drug-likeness (QED) is 0.405. The molecule has 0 unspecified atom stereocenters. The largest absolute Gasteiger partial charge is 0.449 e. The Morgan fingerprint density at radius 2 is 1.70 bits per heavy atom. The van der Waals surface area contributed by atoms with Crippen LogP contribution in [0.2, 0.25) is 0 Å². The van der Waals surface area contributed by atoms with Gasteiger partial charge < -0.3 is 14.4 Å². The molecule has 0 saturated heterocycles. The van der Waals surface area contributed by atoms with Crippen LogP contribution in [0.5, 0.6) is 0 Å². The molecule has 5 nitrogen and oxygen atoms in total. The second-order valence-electron chi connectivity index (χ2n) is 5.13. The third-order valence-corrected chi connectivity index (χ3v) is 2.35. The van der Waals surface area contributed by atoms with Gasteiger partial charge in [-0.15, -0.1) is 0 Å². The summed E-state index contributed by atoms with van der Waals surface area (Å²) in [7, 11) is 0. The van der Waals surface area contributed by atoms with E-state index in [0.29, 0.717) is 6.54 Å². The highest BCUT2D eigenvalue weighted by atomic mass is 19.4. The summed E-state index contributed by atoms with van der Waals surface area (Å²) < 4.78 is 44.2. The third kappa shape index (κ3) is 15.4. The van der Waals surface area contributed by atoms with E-state index in [4.69, 9.17) is 4.74 Å². The SMILES string of the molecule is CCCOCC.CCN(CC(C)C)C(=O)C(=O)OCC(F)(F)F. The molecule has 0 aromatic carbocycles. The lowest BCUT2D eigenvalue weighted by Crippen LogP contribution is -2.40. The van der Waals surface area contributed by atoms with Gasteiger partial charge in [-0.2, -0.15) is 13.2 Å². The normalized spacial score (nSPS) is 10.8. The van der Waals surface area contributed by atoms with E-state index in [9.17, 15) is 22.8 Å². The minimum absolute atomic E-state index is 0.120. The van der Waals surface area contributed by atoms with E-state index < -0.39 is 24.7 Å². The molecule has 0 heterocycles. The molecule has 0 aliphatic rings. The summed E-state index contributed by atoms with van der Waals surface area (Å²) in [4.78, 5) is 23.6. The Hall–Kier alpha value is -1.31. The van der Waals surface area contributed by atoms with Gasteiger partial charge >= 0.3 is 18.1 Å². The average Bonchev–Trinajstić information content (AvgIpc) is 2.47. The fraction of sp³-hybridized carbons (Fsp3) is 0.867. The van der Waals surface area contributed by atoms with Crippen molar-refractivity contribution in [3.8, 4) is 0 Å². The van der Waals surface area contributed by atoms with Crippen molar-refractivity contribution in [3.05, 3.63) is 0 Å². The first-order valence-corrected chi connectivity index (χ1v) is 7.69. The standard InChI is InChI=1S/C10H16F3NO3.C5H12O/c1-4-14(5-7(2)3)8(15)9(16)17-6-10(11,12)13;1-3-5-6-4-2/h7H,4-6H2,1-3H3;3-5H2,1-2H3. The molecule has 0 aliphatic heterocycles. The summed E-state index contributed by atoms with van der Waals surface area (Å²) in [6.07, 6.45) is -3.49. The molecular weight excluding hydrogens is 315 g/mol. The summed E-state index contributed by atoms with van der Waals surface area (Å²) >= 11 is 0. The predicted molar refractivity (Wildman–Crippen MR) is 80.9 cm³/mol. The zero-order valence-electron chi connectivity index (χ0n) is 14.5. The van der Waals surface area contributed by atoms with Gasteiger partial charge in [-0.05, 0) is 26.2 Å². The predicted octanol–water partition coefficient (Wildman–Crippen LogP) is 3.03. The number of rotatable bonds is 7. The van der Waals surface area contributed by atoms with Crippen LogP contribution in [-0.2, 0) is 19.1 Å². The van der Waals surface area contributed by atoms with Crippen LogP contribution in [0.1, 0.15) is 41.0 Å². The Labute approximate surface area is 136 Å². The first kappa shape index (κ1) is 23.9. The van der Waals surface area contributed by atoms with Crippen molar-refractivity contribution in [1.82, 2.24) is 4.90 Å². The van der Waals surface area contributed by atoms with Gasteiger partial charge in [0.15, 0.2) is 6.61 Å². The van der Waals surface area contributed by atoms with Gasteiger partial charge in [-0.1, -0.05) is 20.8 Å². The van der Waals surface area contributed by atoms with E-state index in [-0.39, 0.29) is 12.5 Å². The monoisotopic (exact) mass is 343 g/mol. The Bertz CT molecular complexity index is 329. The highest BCUT2D eigenvalue weighted by Crippen LogP contribution is 2.14. The number of carbonyl (C=O) groups excluding carboxylic acids is 2. The molecule has 0 aromatic rings. The highest BCUT2D eigenvalue weighted by Gasteiger charge is 2.32. The molecule has 8 heteroatoms. The van der Waals surface area contributed by atoms with Crippen molar-refractivity contribution in [3.63, 3.8) is 0 Å². The zero-order chi connectivity index (χ0) is 18.5. The number of carbonyl (C=O) groups is 2. The van der Waals surface area contributed by atoms with Crippen molar-refractivity contribution >= 4 is 11.9 Å². The van der Waals surface area contributed by atoms with E-state index in [1.54, 1.807) is 6.92 Å². The van der Waals surface area contributed by atoms with E-state index in [0.717, 1.165) is 24.5 Å². The van der Waals surface area contributed by atoms with Crippen LogP contribution in [0.25, 0.3) is 0 Å². The number of amides is 1. The van der Waals surface area contributed by atoms with Gasteiger partial charge in [0.1, 0.15) is 0 Å². The van der Waals surface area contributed by atoms with Crippen molar-refractivity contribution < 1.29 is 32.2 Å². The molecule has 0 fully saturated rings. The van der Waals surface area contributed by atoms with Crippen LogP contribution < -0.4 is 0 Å². The second-order valence-corrected chi connectivity index (χ2v) is 5.13. The first-order chi connectivity index (χ1) is 10.6. The second kappa shape index (κ2) is 13.2. The summed E-state index contributed by atoms with van der Waals surface area (Å²) in [5.41, 5.74) is 0. The molecule has 0 rings (SSSR count). The minimum Gasteiger partial charge on any atom is -0.449 e. The lowest BCUT2D eigenvalue weighted by atomic mass is 10.2. The van der Waals surface area contributed by atoms with Crippen LogP contribution >= 0.6 is 0 Å². The molecule has 0 N–H and O–H groups in total. The van der Waals surface area contributed by atoms with Gasteiger partial charge in [-0.25, -0.2) is 4.79 Å². The van der Waals surface area contributed by atoms with Crippen molar-refractivity contribution in [1.29, 1.82) is 0 Å². The number of halogens is 3. The van der Waals surface area contributed by atoms with Crippen molar-refractivity contribution in [2.24, 2.45) is 5.92 Å². The molecular formula is C15H28F3NO4. The van der Waals surface area contributed by atoms with Crippen LogP contribution in [0.4, 0.5) is 13.2 Å². The molecule has 1 amide bonds. The maximum absolute atomic E-state index is 11.8. The third-order valence-electron chi connectivity index (χ3n) is 2.35. The molecule has 0 bridgehead atoms. The smallest absolute Gasteiger partial charge is 0.422 e. The van der Waals surface area contributed by atoms with E-state index in [2.05, 4.69) is 11.7 Å². The van der Waals surface area contributed by atoms with Crippen LogP contribution in [0.3, 0.4) is 0 Å². The number of alkyl halides is 3. The molecule has 0 spiro atoms. The molecule has 23 heavy (non-hydrogen) atoms. The lowest BCUT2D eigenvalue weighted by Gasteiger charge is -2.21. The topological polar surface area (TPSA) is 55.8 Å². The molecule has 0 atom stereocenters. The van der Waals surface area contributed by atoms with Crippen LogP contribution in [-0.4, -0.2) is 55.9 Å². The number of hydrogen-bond acceptors (Lipinski definition) is 4. The van der Waals surface area contributed by atoms with Gasteiger partial charge in [0.25, 0.3) is 0 Å². The summed E-state index contributed by atoms with van der Waals surface area (Å²) in [5, 5.41) is 0. The van der Waals surface area contributed by atoms with Crippen molar-refractivity contribution in [2.45, 2.75) is 47.2 Å². The number of hydrogen-bond donors (Lipinski definition) is 0. The van der Waals surface area contributed by atoms with E-state index in [1.165, 1.54) is 0 Å². The van der Waals surface area contributed by atoms with Gasteiger partial charge in [-0.3, -0.25) is 4.79 Å². The van der Waals surface area contributed by atoms with Gasteiger partial charge in [0, 0.05) is 26.3 Å². The Morgan fingerprint density at radius 1 is 1.13 bits per heavy atom. The number of ether oxygens (including phenoxy) is 2. The Kier molecular flexibility index (Phi) is 13.7. The average molecular weight is 343 g/mol. The summed E-state index contributed by atoms with van der Waals surface area (Å²) in [6, 6.07) is 0. The summed E-state index contributed by atoms with van der Waals surface area (Å²) in [6.45, 7) is 9.99. The maximum Gasteiger partial charge on any atom is 0.422 e. The molecule has 0 aromatic heterocycles. The number of nitrogens with zero attached hydrogens (tertiary/aromatic N) is 1. The fourth-order valence-corrected chi connectivity index (χ4v) is 1.42. The molecule has 138 valence electrons. The van der Waals surface area contributed by atoms with Crippen molar-refractivity contribution in [2.75, 3.05) is 32.9 Å². The van der Waals surface area contributed by atoms with Crippen LogP contribution in [0, 0.1) is 5.92 Å². The molecule has 0 radical (unpaired) electrons.